The Balaban J connectivity index is 1.67. The molecule has 148 valence electrons. The summed E-state index contributed by atoms with van der Waals surface area (Å²) in [5, 5.41) is 11.9. The van der Waals surface area contributed by atoms with E-state index < -0.39 is 0 Å². The lowest BCUT2D eigenvalue weighted by molar-refractivity contribution is 0.375. The molecule has 3 rings (SSSR count). The van der Waals surface area contributed by atoms with Crippen LogP contribution in [0.25, 0.3) is 5.69 Å². The van der Waals surface area contributed by atoms with Crippen molar-refractivity contribution in [3.63, 3.8) is 0 Å². The monoisotopic (exact) mass is 380 g/mol. The summed E-state index contributed by atoms with van der Waals surface area (Å²) in [7, 11) is 2.02. The van der Waals surface area contributed by atoms with Crippen LogP contribution < -0.4 is 5.32 Å². The third kappa shape index (κ3) is 5.00. The van der Waals surface area contributed by atoms with E-state index in [1.54, 1.807) is 0 Å². The Labute approximate surface area is 166 Å². The molecule has 0 aliphatic rings. The Morgan fingerprint density at radius 1 is 1.29 bits per heavy atom. The Morgan fingerprint density at radius 2 is 2.07 bits per heavy atom. The molecule has 0 fully saturated rings. The molecule has 2 aromatic heterocycles. The second kappa shape index (κ2) is 9.21. The summed E-state index contributed by atoms with van der Waals surface area (Å²) in [6.45, 7) is 8.20. The lowest BCUT2D eigenvalue weighted by Gasteiger charge is -2.21. The van der Waals surface area contributed by atoms with Gasteiger partial charge in [0.05, 0.1) is 17.6 Å². The number of hydrogen-bond donors (Lipinski definition) is 1. The fourth-order valence-electron chi connectivity index (χ4n) is 2.81. The predicted octanol–water partition coefficient (Wildman–Crippen LogP) is 3.58. The minimum absolute atomic E-state index is 0.346. The number of nitrogens with one attached hydrogen (secondary N) is 1. The molecule has 0 saturated carbocycles. The van der Waals surface area contributed by atoms with Crippen molar-refractivity contribution in [3.05, 3.63) is 65.8 Å². The van der Waals surface area contributed by atoms with E-state index in [4.69, 9.17) is 4.52 Å². The fraction of sp³-hybridized carbons (Fsp3) is 0.381. The van der Waals surface area contributed by atoms with Crippen molar-refractivity contribution in [2.45, 2.75) is 39.8 Å². The van der Waals surface area contributed by atoms with Crippen LogP contribution in [0.2, 0.25) is 0 Å². The first-order valence-electron chi connectivity index (χ1n) is 9.60. The van der Waals surface area contributed by atoms with Gasteiger partial charge in [0.25, 0.3) is 0 Å². The number of para-hydroxylation sites is 1. The molecule has 0 unspecified atom stereocenters. The standard InChI is InChI=1S/C21H28N6O/c1-5-22-21(23-13-19-11-20(16(2)3)25-28-19)26(4)14-17-12-24-27(15-17)18-9-7-6-8-10-18/h6-12,15-16H,5,13-14H2,1-4H3,(H,22,23). The van der Waals surface area contributed by atoms with Crippen molar-refractivity contribution in [1.29, 1.82) is 0 Å². The van der Waals surface area contributed by atoms with Gasteiger partial charge < -0.3 is 14.7 Å². The molecular weight excluding hydrogens is 352 g/mol. The number of hydrogen-bond acceptors (Lipinski definition) is 4. The van der Waals surface area contributed by atoms with Gasteiger partial charge >= 0.3 is 0 Å². The van der Waals surface area contributed by atoms with Gasteiger partial charge in [-0.05, 0) is 25.0 Å². The highest BCUT2D eigenvalue weighted by atomic mass is 16.5. The smallest absolute Gasteiger partial charge is 0.194 e. The molecule has 0 amide bonds. The van der Waals surface area contributed by atoms with Crippen LogP contribution in [0.3, 0.4) is 0 Å². The second-order valence-corrected chi connectivity index (χ2v) is 7.03. The lowest BCUT2D eigenvalue weighted by atomic mass is 10.1. The van der Waals surface area contributed by atoms with E-state index in [-0.39, 0.29) is 0 Å². The molecule has 28 heavy (non-hydrogen) atoms. The molecule has 0 aliphatic carbocycles. The van der Waals surface area contributed by atoms with E-state index in [9.17, 15) is 0 Å². The first-order valence-corrected chi connectivity index (χ1v) is 9.60. The van der Waals surface area contributed by atoms with Crippen molar-refractivity contribution in [2.75, 3.05) is 13.6 Å². The molecule has 2 heterocycles. The summed E-state index contributed by atoms with van der Waals surface area (Å²) in [6.07, 6.45) is 3.93. The molecule has 0 radical (unpaired) electrons. The van der Waals surface area contributed by atoms with Crippen molar-refractivity contribution in [3.8, 4) is 5.69 Å². The second-order valence-electron chi connectivity index (χ2n) is 7.03. The van der Waals surface area contributed by atoms with Crippen LogP contribution in [0, 0.1) is 0 Å². The summed E-state index contributed by atoms with van der Waals surface area (Å²) in [5.41, 5.74) is 3.11. The first-order chi connectivity index (χ1) is 13.6. The van der Waals surface area contributed by atoms with Gasteiger partial charge in [-0.3, -0.25) is 0 Å². The zero-order valence-corrected chi connectivity index (χ0v) is 17.0. The van der Waals surface area contributed by atoms with Gasteiger partial charge in [0.15, 0.2) is 11.7 Å². The summed E-state index contributed by atoms with van der Waals surface area (Å²) >= 11 is 0. The minimum Gasteiger partial charge on any atom is -0.359 e. The van der Waals surface area contributed by atoms with Gasteiger partial charge in [0.2, 0.25) is 0 Å². The summed E-state index contributed by atoms with van der Waals surface area (Å²) < 4.78 is 7.27. The van der Waals surface area contributed by atoms with Gasteiger partial charge in [0, 0.05) is 38.0 Å². The number of guanidine groups is 1. The Hall–Kier alpha value is -3.09. The van der Waals surface area contributed by atoms with Gasteiger partial charge in [-0.1, -0.05) is 37.2 Å². The molecule has 3 aromatic rings. The van der Waals surface area contributed by atoms with Gasteiger partial charge in [-0.25, -0.2) is 9.67 Å². The Bertz CT molecular complexity index is 897. The number of nitrogens with zero attached hydrogens (tertiary/aromatic N) is 5. The van der Waals surface area contributed by atoms with E-state index in [2.05, 4.69) is 46.2 Å². The quantitative estimate of drug-likeness (QED) is 0.501. The van der Waals surface area contributed by atoms with Crippen LogP contribution in [0.15, 0.2) is 58.3 Å². The zero-order valence-electron chi connectivity index (χ0n) is 17.0. The lowest BCUT2D eigenvalue weighted by Crippen LogP contribution is -2.38. The summed E-state index contributed by atoms with van der Waals surface area (Å²) in [4.78, 5) is 6.77. The number of benzene rings is 1. The van der Waals surface area contributed by atoms with E-state index in [0.29, 0.717) is 19.0 Å². The third-order valence-corrected chi connectivity index (χ3v) is 4.33. The average Bonchev–Trinajstić information content (AvgIpc) is 3.35. The Morgan fingerprint density at radius 3 is 2.75 bits per heavy atom. The van der Waals surface area contributed by atoms with E-state index >= 15 is 0 Å². The molecule has 0 aliphatic heterocycles. The molecule has 7 heteroatoms. The van der Waals surface area contributed by atoms with Gasteiger partial charge in [-0.2, -0.15) is 5.10 Å². The highest BCUT2D eigenvalue weighted by Crippen LogP contribution is 2.15. The van der Waals surface area contributed by atoms with Crippen LogP contribution in [0.1, 0.15) is 43.7 Å². The van der Waals surface area contributed by atoms with E-state index in [1.165, 1.54) is 0 Å². The molecule has 1 N–H and O–H groups in total. The van der Waals surface area contributed by atoms with E-state index in [1.807, 2.05) is 60.5 Å². The summed E-state index contributed by atoms with van der Waals surface area (Å²) in [5.74, 6) is 1.93. The molecule has 0 saturated heterocycles. The topological polar surface area (TPSA) is 71.5 Å². The molecule has 0 atom stereocenters. The zero-order chi connectivity index (χ0) is 19.9. The highest BCUT2D eigenvalue weighted by molar-refractivity contribution is 5.79. The molecule has 1 aromatic carbocycles. The van der Waals surface area contributed by atoms with Gasteiger partial charge in [-0.15, -0.1) is 0 Å². The molecular formula is C21H28N6O. The van der Waals surface area contributed by atoms with Crippen molar-refractivity contribution >= 4 is 5.96 Å². The maximum atomic E-state index is 5.39. The van der Waals surface area contributed by atoms with Crippen LogP contribution in [-0.2, 0) is 13.1 Å². The molecule has 0 bridgehead atoms. The SMILES string of the molecule is CCNC(=NCc1cc(C(C)C)no1)N(C)Cc1cnn(-c2ccccc2)c1. The maximum absolute atomic E-state index is 5.39. The minimum atomic E-state index is 0.346. The fourth-order valence-corrected chi connectivity index (χ4v) is 2.81. The van der Waals surface area contributed by atoms with E-state index in [0.717, 1.165) is 35.2 Å². The largest absolute Gasteiger partial charge is 0.359 e. The van der Waals surface area contributed by atoms with Crippen LogP contribution in [0.4, 0.5) is 0 Å². The maximum Gasteiger partial charge on any atom is 0.194 e. The summed E-state index contributed by atoms with van der Waals surface area (Å²) in [6, 6.07) is 12.1. The number of aromatic nitrogens is 3. The molecule has 7 nitrogen and oxygen atoms in total. The van der Waals surface area contributed by atoms with Gasteiger partial charge in [0.1, 0.15) is 6.54 Å². The van der Waals surface area contributed by atoms with Crippen LogP contribution in [-0.4, -0.2) is 39.4 Å². The third-order valence-electron chi connectivity index (χ3n) is 4.33. The number of aliphatic imine (C=N–C) groups is 1. The van der Waals surface area contributed by atoms with Crippen molar-refractivity contribution in [1.82, 2.24) is 25.2 Å². The molecule has 0 spiro atoms. The van der Waals surface area contributed by atoms with Crippen molar-refractivity contribution < 1.29 is 4.52 Å². The predicted molar refractivity (Wildman–Crippen MR) is 110 cm³/mol. The Kier molecular flexibility index (Phi) is 6.47. The number of rotatable bonds is 7. The first kappa shape index (κ1) is 19.7. The average molecular weight is 380 g/mol. The highest BCUT2D eigenvalue weighted by Gasteiger charge is 2.11. The normalized spacial score (nSPS) is 11.8. The van der Waals surface area contributed by atoms with Crippen molar-refractivity contribution in [2.24, 2.45) is 4.99 Å². The van der Waals surface area contributed by atoms with Crippen LogP contribution >= 0.6 is 0 Å². The van der Waals surface area contributed by atoms with Crippen LogP contribution in [0.5, 0.6) is 0 Å².